The zero-order valence-corrected chi connectivity index (χ0v) is 11.0. The molecule has 15 heavy (non-hydrogen) atoms. The van der Waals surface area contributed by atoms with E-state index in [9.17, 15) is 8.42 Å². The highest BCUT2D eigenvalue weighted by Crippen LogP contribution is 2.01. The number of rotatable bonds is 5. The van der Waals surface area contributed by atoms with Gasteiger partial charge in [-0.15, -0.1) is 0 Å². The van der Waals surface area contributed by atoms with Crippen molar-refractivity contribution in [3.8, 4) is 0 Å². The minimum absolute atomic E-state index is 0.165. The minimum atomic E-state index is -3.45. The second kappa shape index (κ2) is 5.25. The molecular weight excluding hydrogens is 214 g/mol. The van der Waals surface area contributed by atoms with Gasteiger partial charge in [0.05, 0.1) is 0 Å². The Morgan fingerprint density at radius 1 is 1.27 bits per heavy atom. The minimum Gasteiger partial charge on any atom is -0.326 e. The lowest BCUT2D eigenvalue weighted by Gasteiger charge is -2.22. The van der Waals surface area contributed by atoms with E-state index in [1.807, 2.05) is 13.8 Å². The van der Waals surface area contributed by atoms with Crippen LogP contribution in [-0.4, -0.2) is 26.5 Å². The van der Waals surface area contributed by atoms with Crippen molar-refractivity contribution in [2.24, 2.45) is 11.7 Å². The molecule has 5 nitrogen and oxygen atoms in total. The zero-order valence-electron chi connectivity index (χ0n) is 10.2. The van der Waals surface area contributed by atoms with Gasteiger partial charge in [0.15, 0.2) is 0 Å². The normalized spacial score (nSPS) is 15.7. The summed E-state index contributed by atoms with van der Waals surface area (Å²) in [5, 5.41) is 0. The topological polar surface area (TPSA) is 84.2 Å². The van der Waals surface area contributed by atoms with E-state index in [0.717, 1.165) is 0 Å². The summed E-state index contributed by atoms with van der Waals surface area (Å²) in [7, 11) is -3.45. The van der Waals surface area contributed by atoms with Gasteiger partial charge in [0.1, 0.15) is 0 Å². The van der Waals surface area contributed by atoms with Gasteiger partial charge >= 0.3 is 0 Å². The van der Waals surface area contributed by atoms with E-state index in [1.165, 1.54) is 0 Å². The smallest absolute Gasteiger partial charge is 0.277 e. The van der Waals surface area contributed by atoms with E-state index < -0.39 is 15.7 Å². The van der Waals surface area contributed by atoms with E-state index >= 15 is 0 Å². The first kappa shape index (κ1) is 14.8. The quantitative estimate of drug-likeness (QED) is 0.638. The average molecular weight is 237 g/mol. The van der Waals surface area contributed by atoms with Gasteiger partial charge in [0, 0.05) is 18.1 Å². The Bertz CT molecular complexity index is 280. The van der Waals surface area contributed by atoms with E-state index in [2.05, 4.69) is 9.44 Å². The molecule has 0 aliphatic carbocycles. The number of hydrogen-bond donors (Lipinski definition) is 3. The van der Waals surface area contributed by atoms with Crippen LogP contribution in [0.1, 0.15) is 34.6 Å². The van der Waals surface area contributed by atoms with Crippen molar-refractivity contribution in [2.75, 3.05) is 6.54 Å². The number of nitrogens with two attached hydrogens (primary N) is 1. The molecule has 0 saturated heterocycles. The molecule has 92 valence electrons. The predicted octanol–water partition coefficient (Wildman–Crippen LogP) is 0.192. The zero-order chi connectivity index (χ0) is 12.3. The largest absolute Gasteiger partial charge is 0.326 e. The molecule has 0 aromatic heterocycles. The first-order chi connectivity index (χ1) is 6.53. The molecule has 0 fully saturated rings. The molecule has 0 rings (SSSR count). The van der Waals surface area contributed by atoms with Gasteiger partial charge in [-0.2, -0.15) is 13.1 Å². The van der Waals surface area contributed by atoms with Crippen molar-refractivity contribution >= 4 is 10.2 Å². The summed E-state index contributed by atoms with van der Waals surface area (Å²) in [6.45, 7) is 9.52. The van der Waals surface area contributed by atoms with Crippen LogP contribution in [0.25, 0.3) is 0 Å². The molecule has 0 spiro atoms. The van der Waals surface area contributed by atoms with Gasteiger partial charge in [-0.05, 0) is 26.7 Å². The maximum Gasteiger partial charge on any atom is 0.277 e. The summed E-state index contributed by atoms with van der Waals surface area (Å²) in [5.41, 5.74) is 5.25. The molecule has 0 aliphatic heterocycles. The van der Waals surface area contributed by atoms with Gasteiger partial charge in [0.2, 0.25) is 0 Å². The molecule has 0 aliphatic rings. The van der Waals surface area contributed by atoms with Gasteiger partial charge in [-0.25, -0.2) is 4.72 Å². The lowest BCUT2D eigenvalue weighted by molar-refractivity contribution is 0.460. The molecular formula is C9H23N3O2S. The van der Waals surface area contributed by atoms with Gasteiger partial charge in [-0.1, -0.05) is 13.8 Å². The molecule has 6 heteroatoms. The summed E-state index contributed by atoms with van der Waals surface area (Å²) in [4.78, 5) is 0. The molecule has 1 unspecified atom stereocenters. The van der Waals surface area contributed by atoms with Crippen molar-refractivity contribution in [1.29, 1.82) is 0 Å². The molecule has 0 aromatic rings. The summed E-state index contributed by atoms with van der Waals surface area (Å²) >= 11 is 0. The highest BCUT2D eigenvalue weighted by Gasteiger charge is 2.20. The first-order valence-corrected chi connectivity index (χ1v) is 6.56. The summed E-state index contributed by atoms with van der Waals surface area (Å²) < 4.78 is 27.9. The second-order valence-electron chi connectivity index (χ2n) is 5.11. The number of nitrogens with one attached hydrogen (secondary N) is 2. The van der Waals surface area contributed by atoms with E-state index in [1.54, 1.807) is 20.8 Å². The summed E-state index contributed by atoms with van der Waals surface area (Å²) in [5.74, 6) is 0.252. The Morgan fingerprint density at radius 3 is 2.07 bits per heavy atom. The molecule has 1 atom stereocenters. The van der Waals surface area contributed by atoms with Crippen LogP contribution in [0.5, 0.6) is 0 Å². The monoisotopic (exact) mass is 237 g/mol. The third kappa shape index (κ3) is 7.72. The fourth-order valence-electron chi connectivity index (χ4n) is 0.881. The Labute approximate surface area is 93.0 Å². The average Bonchev–Trinajstić information content (AvgIpc) is 1.95. The Morgan fingerprint density at radius 2 is 1.73 bits per heavy atom. The SMILES string of the molecule is CC(C)C(N)CNS(=O)(=O)NC(C)(C)C. The lowest BCUT2D eigenvalue weighted by atomic mass is 10.1. The summed E-state index contributed by atoms with van der Waals surface area (Å²) in [6, 6.07) is -0.165. The maximum absolute atomic E-state index is 11.5. The van der Waals surface area contributed by atoms with E-state index in [0.29, 0.717) is 0 Å². The van der Waals surface area contributed by atoms with Gasteiger partial charge in [-0.3, -0.25) is 0 Å². The Balaban J connectivity index is 4.18. The third-order valence-electron chi connectivity index (χ3n) is 1.81. The number of hydrogen-bond acceptors (Lipinski definition) is 3. The maximum atomic E-state index is 11.5. The van der Waals surface area contributed by atoms with Crippen LogP contribution < -0.4 is 15.2 Å². The van der Waals surface area contributed by atoms with E-state index in [4.69, 9.17) is 5.73 Å². The van der Waals surface area contributed by atoms with Crippen LogP contribution in [0.15, 0.2) is 0 Å². The molecule has 0 saturated carbocycles. The molecule has 0 bridgehead atoms. The Hall–Kier alpha value is -0.170. The van der Waals surface area contributed by atoms with E-state index in [-0.39, 0.29) is 18.5 Å². The standard InChI is InChI=1S/C9H23N3O2S/c1-7(2)8(10)6-11-15(13,14)12-9(3,4)5/h7-8,11-12H,6,10H2,1-5H3. The second-order valence-corrected chi connectivity index (χ2v) is 6.61. The summed E-state index contributed by atoms with van der Waals surface area (Å²) in [6.07, 6.45) is 0. The Kier molecular flexibility index (Phi) is 5.19. The highest BCUT2D eigenvalue weighted by molar-refractivity contribution is 7.87. The first-order valence-electron chi connectivity index (χ1n) is 5.07. The lowest BCUT2D eigenvalue weighted by Crippen LogP contribution is -2.50. The highest BCUT2D eigenvalue weighted by atomic mass is 32.2. The molecule has 0 aromatic carbocycles. The van der Waals surface area contributed by atoms with Crippen molar-refractivity contribution in [3.63, 3.8) is 0 Å². The fraction of sp³-hybridized carbons (Fsp3) is 1.00. The van der Waals surface area contributed by atoms with Crippen LogP contribution in [0.2, 0.25) is 0 Å². The molecule has 4 N–H and O–H groups in total. The van der Waals surface area contributed by atoms with Crippen LogP contribution in [-0.2, 0) is 10.2 Å². The van der Waals surface area contributed by atoms with Crippen molar-refractivity contribution in [2.45, 2.75) is 46.2 Å². The van der Waals surface area contributed by atoms with Crippen LogP contribution in [0, 0.1) is 5.92 Å². The van der Waals surface area contributed by atoms with Gasteiger partial charge < -0.3 is 5.73 Å². The molecule has 0 heterocycles. The van der Waals surface area contributed by atoms with Crippen LogP contribution >= 0.6 is 0 Å². The van der Waals surface area contributed by atoms with Crippen molar-refractivity contribution < 1.29 is 8.42 Å². The third-order valence-corrected chi connectivity index (χ3v) is 3.23. The predicted molar refractivity (Wildman–Crippen MR) is 62.6 cm³/mol. The van der Waals surface area contributed by atoms with Crippen molar-refractivity contribution in [1.82, 2.24) is 9.44 Å². The van der Waals surface area contributed by atoms with Crippen molar-refractivity contribution in [3.05, 3.63) is 0 Å². The van der Waals surface area contributed by atoms with Gasteiger partial charge in [0.25, 0.3) is 10.2 Å². The molecule has 0 amide bonds. The van der Waals surface area contributed by atoms with Crippen LogP contribution in [0.3, 0.4) is 0 Å². The fourth-order valence-corrected chi connectivity index (χ4v) is 2.17. The van der Waals surface area contributed by atoms with Crippen LogP contribution in [0.4, 0.5) is 0 Å². The molecule has 0 radical (unpaired) electrons.